The molecule has 0 N–H and O–H groups in total. The van der Waals surface area contributed by atoms with Crippen LogP contribution < -0.4 is 0 Å². The number of rotatable bonds is 8. The van der Waals surface area contributed by atoms with Crippen molar-refractivity contribution in [2.45, 2.75) is 110 Å². The fraction of sp³-hybridized carbons (Fsp3) is 0.833. The molecule has 0 nitrogen and oxygen atoms in total. The summed E-state index contributed by atoms with van der Waals surface area (Å²) in [7, 11) is 0. The Morgan fingerprint density at radius 1 is 0.800 bits per heavy atom. The lowest BCUT2D eigenvalue weighted by molar-refractivity contribution is 0.157. The first-order valence-corrected chi connectivity index (χ1v) is 12.2. The third kappa shape index (κ3) is 5.59. The van der Waals surface area contributed by atoms with Crippen molar-refractivity contribution in [3.8, 4) is 0 Å². The molecule has 142 valence electrons. The topological polar surface area (TPSA) is 0 Å². The Bertz CT molecular complexity index is 472. The van der Waals surface area contributed by atoms with Crippen molar-refractivity contribution in [2.24, 2.45) is 17.8 Å². The lowest BCUT2D eigenvalue weighted by Crippen LogP contribution is -2.25. The van der Waals surface area contributed by atoms with Gasteiger partial charge >= 0.3 is 0 Å². The van der Waals surface area contributed by atoms with Gasteiger partial charge in [-0.05, 0) is 87.2 Å². The Morgan fingerprint density at radius 2 is 1.48 bits per heavy atom. The Labute approximate surface area is 160 Å². The van der Waals surface area contributed by atoms with Crippen molar-refractivity contribution in [1.29, 1.82) is 0 Å². The molecule has 0 aliphatic heterocycles. The van der Waals surface area contributed by atoms with E-state index in [0.29, 0.717) is 0 Å². The van der Waals surface area contributed by atoms with E-state index >= 15 is 0 Å². The highest BCUT2D eigenvalue weighted by molar-refractivity contribution is 7.12. The third-order valence-corrected chi connectivity index (χ3v) is 8.45. The van der Waals surface area contributed by atoms with E-state index in [0.717, 1.165) is 23.7 Å². The molecule has 0 atom stereocenters. The van der Waals surface area contributed by atoms with Crippen LogP contribution in [0.25, 0.3) is 0 Å². The summed E-state index contributed by atoms with van der Waals surface area (Å²) in [5.41, 5.74) is 0. The van der Waals surface area contributed by atoms with Crippen molar-refractivity contribution < 1.29 is 0 Å². The van der Waals surface area contributed by atoms with E-state index in [2.05, 4.69) is 37.3 Å². The minimum atomic E-state index is 0.887. The van der Waals surface area contributed by atoms with Crippen LogP contribution in [0, 0.1) is 17.8 Å². The van der Waals surface area contributed by atoms with Gasteiger partial charge in [0, 0.05) is 9.75 Å². The summed E-state index contributed by atoms with van der Waals surface area (Å²) in [6, 6.07) is 4.89. The van der Waals surface area contributed by atoms with Crippen LogP contribution in [0.2, 0.25) is 0 Å². The predicted octanol–water partition coefficient (Wildman–Crippen LogP) is 8.36. The molecule has 25 heavy (non-hydrogen) atoms. The van der Waals surface area contributed by atoms with Gasteiger partial charge in [-0.1, -0.05) is 52.4 Å². The fourth-order valence-corrected chi connectivity index (χ4v) is 6.75. The molecule has 1 heteroatoms. The lowest BCUT2D eigenvalue weighted by Gasteiger charge is -2.37. The summed E-state index contributed by atoms with van der Waals surface area (Å²) in [6.07, 6.45) is 20.4. The first kappa shape index (κ1) is 19.5. The van der Waals surface area contributed by atoms with Crippen molar-refractivity contribution in [3.63, 3.8) is 0 Å². The van der Waals surface area contributed by atoms with Crippen molar-refractivity contribution in [1.82, 2.24) is 0 Å². The number of unbranched alkanes of at least 4 members (excludes halogenated alkanes) is 2. The number of hydrogen-bond donors (Lipinski definition) is 0. The molecule has 0 aromatic carbocycles. The van der Waals surface area contributed by atoms with Crippen LogP contribution >= 0.6 is 11.3 Å². The van der Waals surface area contributed by atoms with Crippen LogP contribution in [0.3, 0.4) is 0 Å². The van der Waals surface area contributed by atoms with E-state index in [1.54, 1.807) is 22.6 Å². The summed E-state index contributed by atoms with van der Waals surface area (Å²) < 4.78 is 0. The molecule has 1 aromatic rings. The summed E-state index contributed by atoms with van der Waals surface area (Å²) in [5, 5.41) is 0. The van der Waals surface area contributed by atoms with Crippen LogP contribution in [0.5, 0.6) is 0 Å². The largest absolute Gasteiger partial charge is 0.145 e. The molecule has 2 saturated carbocycles. The molecule has 0 saturated heterocycles. The first-order valence-electron chi connectivity index (χ1n) is 11.4. The zero-order valence-electron chi connectivity index (χ0n) is 16.8. The van der Waals surface area contributed by atoms with E-state index in [4.69, 9.17) is 0 Å². The SMILES string of the molecule is CCCCCc1ccc(C2CCC(C3CCC(CCC)CC3)CC2)s1. The minimum Gasteiger partial charge on any atom is -0.145 e. The predicted molar refractivity (Wildman–Crippen MR) is 113 cm³/mol. The van der Waals surface area contributed by atoms with Gasteiger partial charge in [0.05, 0.1) is 0 Å². The molecule has 0 radical (unpaired) electrons. The molecule has 1 aromatic heterocycles. The summed E-state index contributed by atoms with van der Waals surface area (Å²) in [4.78, 5) is 3.34. The van der Waals surface area contributed by atoms with Crippen LogP contribution in [-0.4, -0.2) is 0 Å². The molecular formula is C24H40S. The Hall–Kier alpha value is -0.300. The van der Waals surface area contributed by atoms with E-state index in [-0.39, 0.29) is 0 Å². The molecule has 0 unspecified atom stereocenters. The Morgan fingerprint density at radius 3 is 2.12 bits per heavy atom. The molecule has 1 heterocycles. The van der Waals surface area contributed by atoms with Crippen LogP contribution in [0.1, 0.15) is 113 Å². The molecule has 0 bridgehead atoms. The Balaban J connectivity index is 1.41. The smallest absolute Gasteiger partial charge is 0.00791 e. The summed E-state index contributed by atoms with van der Waals surface area (Å²) in [5.74, 6) is 4.08. The number of hydrogen-bond acceptors (Lipinski definition) is 1. The quantitative estimate of drug-likeness (QED) is 0.408. The lowest BCUT2D eigenvalue weighted by atomic mass is 9.68. The number of aryl methyl sites for hydroxylation is 1. The highest BCUT2D eigenvalue weighted by Gasteiger charge is 2.31. The maximum atomic E-state index is 2.47. The van der Waals surface area contributed by atoms with Crippen molar-refractivity contribution in [3.05, 3.63) is 21.9 Å². The normalized spacial score (nSPS) is 30.5. The highest BCUT2D eigenvalue weighted by Crippen LogP contribution is 2.45. The monoisotopic (exact) mass is 360 g/mol. The summed E-state index contributed by atoms with van der Waals surface area (Å²) in [6.45, 7) is 4.65. The van der Waals surface area contributed by atoms with Crippen LogP contribution in [-0.2, 0) is 6.42 Å². The average molecular weight is 361 g/mol. The van der Waals surface area contributed by atoms with Crippen LogP contribution in [0.4, 0.5) is 0 Å². The molecular weight excluding hydrogens is 320 g/mol. The van der Waals surface area contributed by atoms with Gasteiger partial charge < -0.3 is 0 Å². The van der Waals surface area contributed by atoms with E-state index in [1.807, 2.05) is 0 Å². The van der Waals surface area contributed by atoms with Gasteiger partial charge in [0.1, 0.15) is 0 Å². The van der Waals surface area contributed by atoms with Gasteiger partial charge in [-0.25, -0.2) is 0 Å². The maximum absolute atomic E-state index is 2.47. The van der Waals surface area contributed by atoms with Gasteiger partial charge in [-0.2, -0.15) is 0 Å². The van der Waals surface area contributed by atoms with E-state index in [1.165, 1.54) is 77.0 Å². The van der Waals surface area contributed by atoms with Gasteiger partial charge in [-0.3, -0.25) is 0 Å². The van der Waals surface area contributed by atoms with Crippen molar-refractivity contribution in [2.75, 3.05) is 0 Å². The van der Waals surface area contributed by atoms with E-state index in [9.17, 15) is 0 Å². The zero-order valence-corrected chi connectivity index (χ0v) is 17.6. The molecule has 0 amide bonds. The maximum Gasteiger partial charge on any atom is 0.00791 e. The van der Waals surface area contributed by atoms with Crippen molar-refractivity contribution >= 4 is 11.3 Å². The standard InChI is InChI=1S/C24H40S/c1-3-5-6-8-23-17-18-24(25-23)22-15-13-21(14-16-22)20-11-9-19(7-4-2)10-12-20/h17-22H,3-16H2,1-2H3. The Kier molecular flexibility index (Phi) is 7.90. The minimum absolute atomic E-state index is 0.887. The van der Waals surface area contributed by atoms with Gasteiger partial charge in [-0.15, -0.1) is 11.3 Å². The zero-order chi connectivity index (χ0) is 17.5. The molecule has 2 fully saturated rings. The fourth-order valence-electron chi connectivity index (χ4n) is 5.53. The van der Waals surface area contributed by atoms with E-state index < -0.39 is 0 Å². The molecule has 2 aliphatic rings. The highest BCUT2D eigenvalue weighted by atomic mass is 32.1. The van der Waals surface area contributed by atoms with Gasteiger partial charge in [0.15, 0.2) is 0 Å². The van der Waals surface area contributed by atoms with Crippen LogP contribution in [0.15, 0.2) is 12.1 Å². The second-order valence-corrected chi connectivity index (χ2v) is 10.1. The second-order valence-electron chi connectivity index (χ2n) is 8.94. The molecule has 0 spiro atoms. The number of thiophene rings is 1. The summed E-state index contributed by atoms with van der Waals surface area (Å²) >= 11 is 2.13. The second kappa shape index (κ2) is 10.1. The van der Waals surface area contributed by atoms with Gasteiger partial charge in [0.2, 0.25) is 0 Å². The third-order valence-electron chi connectivity index (χ3n) is 7.14. The van der Waals surface area contributed by atoms with Gasteiger partial charge in [0.25, 0.3) is 0 Å². The molecule has 3 rings (SSSR count). The first-order chi connectivity index (χ1) is 12.3. The average Bonchev–Trinajstić information content (AvgIpc) is 3.12. The molecule has 2 aliphatic carbocycles.